The number of nitrogens with zero attached hydrogens (tertiary/aromatic N) is 4. The van der Waals surface area contributed by atoms with Crippen LogP contribution in [0.25, 0.3) is 16.9 Å². The highest BCUT2D eigenvalue weighted by Gasteiger charge is 2.21. The van der Waals surface area contributed by atoms with Gasteiger partial charge >= 0.3 is 0 Å². The van der Waals surface area contributed by atoms with E-state index < -0.39 is 0 Å². The Morgan fingerprint density at radius 2 is 1.60 bits per heavy atom. The van der Waals surface area contributed by atoms with Gasteiger partial charge in [-0.25, -0.2) is 4.98 Å². The molecule has 0 fully saturated rings. The van der Waals surface area contributed by atoms with E-state index in [0.29, 0.717) is 13.1 Å². The van der Waals surface area contributed by atoms with Gasteiger partial charge in [-0.2, -0.15) is 9.61 Å². The van der Waals surface area contributed by atoms with Crippen molar-refractivity contribution in [1.82, 2.24) is 14.6 Å². The topological polar surface area (TPSA) is 66.6 Å². The first-order valence-corrected chi connectivity index (χ1v) is 14.5. The van der Waals surface area contributed by atoms with E-state index in [-0.39, 0.29) is 0 Å². The maximum absolute atomic E-state index is 4.92. The molecule has 3 heterocycles. The number of anilines is 2. The van der Waals surface area contributed by atoms with Crippen LogP contribution < -0.4 is 10.6 Å². The van der Waals surface area contributed by atoms with E-state index in [1.165, 1.54) is 11.1 Å². The first-order valence-electron chi connectivity index (χ1n) is 14.5. The van der Waals surface area contributed by atoms with Crippen LogP contribution in [0, 0.1) is 13.8 Å². The van der Waals surface area contributed by atoms with Crippen molar-refractivity contribution in [2.45, 2.75) is 41.2 Å². The average molecular weight is 555 g/mol. The number of hydrogen-bond donors (Lipinski definition) is 2. The van der Waals surface area contributed by atoms with Crippen LogP contribution >= 0.6 is 0 Å². The maximum atomic E-state index is 4.92. The summed E-state index contributed by atoms with van der Waals surface area (Å²) in [5.41, 5.74) is 12.6. The van der Waals surface area contributed by atoms with Crippen LogP contribution in [0.4, 0.5) is 11.5 Å². The van der Waals surface area contributed by atoms with Gasteiger partial charge in [0.15, 0.2) is 5.65 Å². The Morgan fingerprint density at radius 3 is 2.33 bits per heavy atom. The lowest BCUT2D eigenvalue weighted by Gasteiger charge is -2.15. The van der Waals surface area contributed by atoms with Gasteiger partial charge in [-0.15, -0.1) is 0 Å². The summed E-state index contributed by atoms with van der Waals surface area (Å²) in [6, 6.07) is 29.1. The normalized spacial score (nSPS) is 12.5. The summed E-state index contributed by atoms with van der Waals surface area (Å²) in [6.07, 6.45) is 1.86. The van der Waals surface area contributed by atoms with Crippen molar-refractivity contribution < 1.29 is 0 Å². The predicted molar refractivity (Wildman–Crippen MR) is 176 cm³/mol. The molecule has 0 spiro atoms. The number of rotatable bonds is 8. The molecule has 0 amide bonds. The molecule has 0 radical (unpaired) electrons. The van der Waals surface area contributed by atoms with Crippen LogP contribution in [0.3, 0.4) is 0 Å². The highest BCUT2D eigenvalue weighted by molar-refractivity contribution is 6.17. The highest BCUT2D eigenvalue weighted by atomic mass is 15.3. The maximum Gasteiger partial charge on any atom is 0.160 e. The van der Waals surface area contributed by atoms with Gasteiger partial charge in [-0.05, 0) is 49.6 Å². The molecule has 0 aliphatic carbocycles. The van der Waals surface area contributed by atoms with Crippen LogP contribution in [0.2, 0.25) is 0 Å². The Labute approximate surface area is 248 Å². The summed E-state index contributed by atoms with van der Waals surface area (Å²) in [4.78, 5) is 9.69. The lowest BCUT2D eigenvalue weighted by Crippen LogP contribution is -2.11. The van der Waals surface area contributed by atoms with Gasteiger partial charge < -0.3 is 10.6 Å². The number of aliphatic imine (C=N–C) groups is 1. The van der Waals surface area contributed by atoms with Gasteiger partial charge in [-0.1, -0.05) is 87.2 Å². The zero-order valence-electron chi connectivity index (χ0n) is 25.1. The third-order valence-electron chi connectivity index (χ3n) is 7.28. The minimum Gasteiger partial charge on any atom is -0.366 e. The fourth-order valence-electron chi connectivity index (χ4n) is 5.12. The number of nitrogens with one attached hydrogen (secondary N) is 2. The van der Waals surface area contributed by atoms with E-state index >= 15 is 0 Å². The summed E-state index contributed by atoms with van der Waals surface area (Å²) in [6.45, 7) is 16.0. The Hall–Kier alpha value is -4.97. The van der Waals surface area contributed by atoms with Crippen molar-refractivity contribution in [1.29, 1.82) is 0 Å². The fraction of sp³-hybridized carbons (Fsp3) is 0.194. The second-order valence-corrected chi connectivity index (χ2v) is 10.2. The van der Waals surface area contributed by atoms with E-state index in [1.54, 1.807) is 0 Å². The Balaban J connectivity index is 0.00000173. The molecule has 6 rings (SSSR count). The molecule has 0 bridgehead atoms. The van der Waals surface area contributed by atoms with E-state index in [2.05, 4.69) is 103 Å². The fourth-order valence-corrected chi connectivity index (χ4v) is 5.12. The average Bonchev–Trinajstić information content (AvgIpc) is 3.60. The lowest BCUT2D eigenvalue weighted by atomic mass is 9.98. The molecular weight excluding hydrogens is 516 g/mol. The number of aryl methyl sites for hydroxylation is 2. The summed E-state index contributed by atoms with van der Waals surface area (Å²) < 4.78 is 1.88. The standard InChI is InChI=1S/C34H32N6.C2H6/c1-22-10-8-9-13-29(22)30-18-31(40-34(39-30)24(3)20-37-40)35-21-26-14-16-28(17-15-26)38-25(4)32-23(2)19-36-33(32)27-11-6-5-7-12-27;1-2/h5-18,20,35,38H,4,19,21H2,1-3H3;1-2H3. The van der Waals surface area contributed by atoms with Gasteiger partial charge in [-0.3, -0.25) is 4.99 Å². The Morgan fingerprint density at radius 1 is 0.881 bits per heavy atom. The summed E-state index contributed by atoms with van der Waals surface area (Å²) in [5, 5.41) is 11.6. The first-order chi connectivity index (χ1) is 20.5. The monoisotopic (exact) mass is 554 g/mol. The van der Waals surface area contributed by atoms with E-state index in [9.17, 15) is 0 Å². The number of hydrogen-bond acceptors (Lipinski definition) is 5. The van der Waals surface area contributed by atoms with Crippen LogP contribution in [0.5, 0.6) is 0 Å². The van der Waals surface area contributed by atoms with Crippen molar-refractivity contribution >= 4 is 22.9 Å². The van der Waals surface area contributed by atoms with Gasteiger partial charge in [0.25, 0.3) is 0 Å². The van der Waals surface area contributed by atoms with Crippen molar-refractivity contribution in [3.05, 3.63) is 137 Å². The number of benzene rings is 3. The second-order valence-electron chi connectivity index (χ2n) is 10.2. The van der Waals surface area contributed by atoms with Crippen molar-refractivity contribution in [2.24, 2.45) is 4.99 Å². The van der Waals surface area contributed by atoms with Crippen LogP contribution in [0.15, 0.2) is 120 Å². The quantitative estimate of drug-likeness (QED) is 0.202. The molecule has 0 atom stereocenters. The van der Waals surface area contributed by atoms with E-state index in [1.807, 2.05) is 49.7 Å². The van der Waals surface area contributed by atoms with E-state index in [0.717, 1.165) is 62.1 Å². The summed E-state index contributed by atoms with van der Waals surface area (Å²) in [5.74, 6) is 0.906. The molecule has 3 aromatic carbocycles. The van der Waals surface area contributed by atoms with Gasteiger partial charge in [0.2, 0.25) is 0 Å². The smallest absolute Gasteiger partial charge is 0.160 e. The van der Waals surface area contributed by atoms with Crippen molar-refractivity contribution in [3.63, 3.8) is 0 Å². The molecule has 42 heavy (non-hydrogen) atoms. The number of allylic oxidation sites excluding steroid dienone is 1. The molecular formula is C36H38N6. The Bertz CT molecular complexity index is 1780. The first kappa shape index (κ1) is 28.6. The van der Waals surface area contributed by atoms with Crippen LogP contribution in [-0.2, 0) is 6.54 Å². The zero-order valence-corrected chi connectivity index (χ0v) is 25.1. The number of aromatic nitrogens is 3. The van der Waals surface area contributed by atoms with Gasteiger partial charge in [0.05, 0.1) is 24.1 Å². The third-order valence-corrected chi connectivity index (χ3v) is 7.28. The molecule has 2 aromatic heterocycles. The van der Waals surface area contributed by atoms with Crippen molar-refractivity contribution in [3.8, 4) is 11.3 Å². The van der Waals surface area contributed by atoms with E-state index in [4.69, 9.17) is 9.98 Å². The summed E-state index contributed by atoms with van der Waals surface area (Å²) in [7, 11) is 0. The highest BCUT2D eigenvalue weighted by Crippen LogP contribution is 2.28. The minimum atomic E-state index is 0.654. The lowest BCUT2D eigenvalue weighted by molar-refractivity contribution is 0.926. The van der Waals surface area contributed by atoms with Gasteiger partial charge in [0, 0.05) is 46.3 Å². The SMILES string of the molecule is C=C(Nc1ccc(CNc2cc(-c3ccccc3C)nc3c(C)cnn23)cc1)C1=C(C)CN=C1c1ccccc1.CC. The molecule has 0 saturated carbocycles. The largest absolute Gasteiger partial charge is 0.366 e. The van der Waals surface area contributed by atoms with Crippen LogP contribution in [-0.4, -0.2) is 26.9 Å². The predicted octanol–water partition coefficient (Wildman–Crippen LogP) is 8.40. The second kappa shape index (κ2) is 12.7. The zero-order chi connectivity index (χ0) is 29.6. The molecule has 0 saturated heterocycles. The third kappa shape index (κ3) is 5.88. The molecule has 5 aromatic rings. The molecule has 2 N–H and O–H groups in total. The molecule has 1 aliphatic heterocycles. The molecule has 0 unspecified atom stereocenters. The molecule has 212 valence electrons. The van der Waals surface area contributed by atoms with Crippen molar-refractivity contribution in [2.75, 3.05) is 17.2 Å². The minimum absolute atomic E-state index is 0.654. The Kier molecular flexibility index (Phi) is 8.63. The number of fused-ring (bicyclic) bond motifs is 1. The molecule has 1 aliphatic rings. The van der Waals surface area contributed by atoms with Gasteiger partial charge in [0.1, 0.15) is 5.82 Å². The summed E-state index contributed by atoms with van der Waals surface area (Å²) >= 11 is 0. The molecule has 6 heteroatoms. The molecule has 6 nitrogen and oxygen atoms in total. The van der Waals surface area contributed by atoms with Crippen LogP contribution in [0.1, 0.15) is 43.0 Å².